The highest BCUT2D eigenvalue weighted by atomic mass is 16.1. The number of piperazine rings is 1. The van der Waals surface area contributed by atoms with Crippen LogP contribution in [-0.4, -0.2) is 40.3 Å². The number of aromatic nitrogens is 2. The van der Waals surface area contributed by atoms with Crippen molar-refractivity contribution in [2.75, 3.05) is 18.0 Å². The molecule has 0 aliphatic carbocycles. The Morgan fingerprint density at radius 3 is 2.70 bits per heavy atom. The Kier molecular flexibility index (Phi) is 7.87. The third kappa shape index (κ3) is 6.20. The van der Waals surface area contributed by atoms with Crippen molar-refractivity contribution in [1.29, 1.82) is 5.41 Å². The lowest BCUT2D eigenvalue weighted by Crippen LogP contribution is -2.54. The van der Waals surface area contributed by atoms with E-state index in [0.717, 1.165) is 25.2 Å². The van der Waals surface area contributed by atoms with Gasteiger partial charge in [-0.2, -0.15) is 0 Å². The second-order valence-corrected chi connectivity index (χ2v) is 9.08. The smallest absolute Gasteiger partial charge is 0.258 e. The van der Waals surface area contributed by atoms with Gasteiger partial charge < -0.3 is 15.5 Å². The fraction of sp³-hybridized carbons (Fsp3) is 0.423. The number of anilines is 1. The second kappa shape index (κ2) is 10.6. The minimum absolute atomic E-state index is 0.161. The normalized spacial score (nSPS) is 20.3. The predicted molar refractivity (Wildman–Crippen MR) is 137 cm³/mol. The molecule has 2 aromatic rings. The summed E-state index contributed by atoms with van der Waals surface area (Å²) in [6.45, 7) is 16.5. The van der Waals surface area contributed by atoms with Crippen molar-refractivity contribution in [3.8, 4) is 0 Å². The van der Waals surface area contributed by atoms with Crippen molar-refractivity contribution >= 4 is 17.0 Å². The number of nitrogens with one attached hydrogen (secondary N) is 3. The third-order valence-corrected chi connectivity index (χ3v) is 6.17. The van der Waals surface area contributed by atoms with E-state index in [2.05, 4.69) is 61.7 Å². The van der Waals surface area contributed by atoms with Gasteiger partial charge >= 0.3 is 0 Å². The number of allylic oxidation sites excluding steroid dienone is 3. The maximum Gasteiger partial charge on any atom is 0.258 e. The van der Waals surface area contributed by atoms with Crippen molar-refractivity contribution in [3.63, 3.8) is 0 Å². The number of nitrogens with zero attached hydrogens (tertiary/aromatic N) is 3. The van der Waals surface area contributed by atoms with E-state index in [0.29, 0.717) is 35.0 Å². The van der Waals surface area contributed by atoms with Gasteiger partial charge in [0, 0.05) is 49.3 Å². The molecule has 0 bridgehead atoms. The first-order valence-corrected chi connectivity index (χ1v) is 11.6. The lowest BCUT2D eigenvalue weighted by atomic mass is 10.0. The topological polar surface area (TPSA) is 85.5 Å². The zero-order chi connectivity index (χ0) is 24.1. The van der Waals surface area contributed by atoms with Crippen molar-refractivity contribution < 1.29 is 0 Å². The highest BCUT2D eigenvalue weighted by Gasteiger charge is 2.21. The van der Waals surface area contributed by atoms with E-state index in [4.69, 9.17) is 5.41 Å². The summed E-state index contributed by atoms with van der Waals surface area (Å²) in [4.78, 5) is 19.6. The monoisotopic (exact) mass is 448 g/mol. The summed E-state index contributed by atoms with van der Waals surface area (Å²) in [6.07, 6.45) is 8.20. The molecule has 7 heteroatoms. The average molecular weight is 449 g/mol. The van der Waals surface area contributed by atoms with Crippen LogP contribution < -0.4 is 21.1 Å². The molecule has 2 aromatic heterocycles. The molecule has 0 saturated carbocycles. The number of pyridine rings is 1. The van der Waals surface area contributed by atoms with E-state index >= 15 is 0 Å². The van der Waals surface area contributed by atoms with Crippen LogP contribution in [0.1, 0.15) is 46.7 Å². The molecular weight excluding hydrogens is 412 g/mol. The van der Waals surface area contributed by atoms with Gasteiger partial charge in [0.2, 0.25) is 0 Å². The van der Waals surface area contributed by atoms with E-state index in [-0.39, 0.29) is 11.3 Å². The van der Waals surface area contributed by atoms with Crippen LogP contribution in [0.15, 0.2) is 65.4 Å². The molecule has 33 heavy (non-hydrogen) atoms. The van der Waals surface area contributed by atoms with Crippen LogP contribution in [-0.2, 0) is 0 Å². The Hall–Kier alpha value is -3.19. The zero-order valence-corrected chi connectivity index (χ0v) is 20.4. The van der Waals surface area contributed by atoms with Gasteiger partial charge in [-0.25, -0.2) is 4.98 Å². The van der Waals surface area contributed by atoms with E-state index in [9.17, 15) is 4.79 Å². The highest BCUT2D eigenvalue weighted by molar-refractivity contribution is 6.05. The molecule has 0 aromatic carbocycles. The first-order chi connectivity index (χ1) is 15.7. The number of rotatable bonds is 8. The van der Waals surface area contributed by atoms with E-state index < -0.39 is 0 Å². The summed E-state index contributed by atoms with van der Waals surface area (Å²) in [5.41, 5.74) is 3.74. The number of hydrogen-bond donors (Lipinski definition) is 3. The van der Waals surface area contributed by atoms with E-state index in [1.54, 1.807) is 16.6 Å². The molecule has 0 radical (unpaired) electrons. The van der Waals surface area contributed by atoms with Gasteiger partial charge in [0.1, 0.15) is 5.65 Å². The summed E-state index contributed by atoms with van der Waals surface area (Å²) in [7, 11) is 0. The molecule has 0 amide bonds. The van der Waals surface area contributed by atoms with Crippen molar-refractivity contribution in [2.24, 2.45) is 5.92 Å². The molecule has 1 fully saturated rings. The van der Waals surface area contributed by atoms with Gasteiger partial charge in [-0.15, -0.1) is 0 Å². The summed E-state index contributed by atoms with van der Waals surface area (Å²) in [5.74, 6) is 0.501. The first kappa shape index (κ1) is 24.5. The molecule has 1 aliphatic rings. The maximum absolute atomic E-state index is 12.8. The third-order valence-electron chi connectivity index (χ3n) is 6.17. The minimum Gasteiger partial charge on any atom is -0.367 e. The second-order valence-electron chi connectivity index (χ2n) is 9.08. The van der Waals surface area contributed by atoms with E-state index in [1.807, 2.05) is 24.5 Å². The Morgan fingerprint density at radius 2 is 2.03 bits per heavy atom. The Morgan fingerprint density at radius 1 is 1.33 bits per heavy atom. The lowest BCUT2D eigenvalue weighted by molar-refractivity contribution is 0.407. The van der Waals surface area contributed by atoms with Gasteiger partial charge in [-0.05, 0) is 57.4 Å². The molecule has 7 nitrogen and oxygen atoms in total. The zero-order valence-electron chi connectivity index (χ0n) is 20.4. The molecule has 3 heterocycles. The van der Waals surface area contributed by atoms with Crippen LogP contribution in [0.4, 0.5) is 5.69 Å². The Labute approximate surface area is 196 Å². The lowest BCUT2D eigenvalue weighted by Gasteiger charge is -2.37. The van der Waals surface area contributed by atoms with E-state index in [1.165, 1.54) is 11.6 Å². The van der Waals surface area contributed by atoms with Crippen LogP contribution in [0.2, 0.25) is 0 Å². The molecule has 176 valence electrons. The molecular formula is C26H36N6O. The molecule has 1 aliphatic heterocycles. The van der Waals surface area contributed by atoms with Gasteiger partial charge in [0.05, 0.1) is 17.1 Å². The van der Waals surface area contributed by atoms with Crippen molar-refractivity contribution in [2.45, 2.75) is 53.1 Å². The molecule has 3 N–H and O–H groups in total. The summed E-state index contributed by atoms with van der Waals surface area (Å²) >= 11 is 0. The van der Waals surface area contributed by atoms with Crippen LogP contribution in [0.5, 0.6) is 0 Å². The summed E-state index contributed by atoms with van der Waals surface area (Å²) in [6, 6.07) is 6.01. The maximum atomic E-state index is 12.8. The Bertz CT molecular complexity index is 1140. The molecule has 1 unspecified atom stereocenters. The summed E-state index contributed by atoms with van der Waals surface area (Å²) in [5, 5.41) is 15.0. The van der Waals surface area contributed by atoms with Gasteiger partial charge in [-0.1, -0.05) is 26.0 Å². The largest absolute Gasteiger partial charge is 0.367 e. The molecule has 3 rings (SSSR count). The average Bonchev–Trinajstić information content (AvgIpc) is 2.79. The minimum atomic E-state index is -0.199. The predicted octanol–water partition coefficient (Wildman–Crippen LogP) is 3.86. The standard InChI is InChI=1S/C26H36N6O/c1-7-17(2)18(3)13-28-19(4)8-10-23(27)24-12-26(33)32-16-22(9-11-25(32)30-24)31-14-20(5)29-21(6)15-31/h8-13,16-17,20-21,27-29H,4,7,14-15H2,1-3,5-6H3/b10-8-,18-13-,27-23?/t17?,20-,21+. The number of fused-ring (bicyclic) bond motifs is 1. The molecule has 3 atom stereocenters. The Balaban J connectivity index is 1.75. The van der Waals surface area contributed by atoms with Crippen molar-refractivity contribution in [1.82, 2.24) is 20.0 Å². The summed E-state index contributed by atoms with van der Waals surface area (Å²) < 4.78 is 1.55. The molecule has 0 spiro atoms. The first-order valence-electron chi connectivity index (χ1n) is 11.6. The van der Waals surface area contributed by atoms with Gasteiger partial charge in [0.25, 0.3) is 5.56 Å². The number of hydrogen-bond acceptors (Lipinski definition) is 6. The van der Waals surface area contributed by atoms with Gasteiger partial charge in [-0.3, -0.25) is 14.6 Å². The van der Waals surface area contributed by atoms with Crippen molar-refractivity contribution in [3.05, 3.63) is 76.6 Å². The molecule has 1 saturated heterocycles. The SMILES string of the molecule is C=C(/C=C\C(=N)c1cc(=O)n2cc(N3C[C@@H](C)N[C@@H](C)C3)ccc2n1)N/C=C(/C)C(C)CC. The highest BCUT2D eigenvalue weighted by Crippen LogP contribution is 2.18. The van der Waals surface area contributed by atoms with Gasteiger partial charge in [0.15, 0.2) is 0 Å². The van der Waals surface area contributed by atoms with Crippen LogP contribution in [0.3, 0.4) is 0 Å². The van der Waals surface area contributed by atoms with Crippen LogP contribution in [0.25, 0.3) is 5.65 Å². The fourth-order valence-corrected chi connectivity index (χ4v) is 3.94. The van der Waals surface area contributed by atoms with Crippen LogP contribution in [0, 0.1) is 11.3 Å². The quantitative estimate of drug-likeness (QED) is 0.422. The fourth-order valence-electron chi connectivity index (χ4n) is 3.94. The van der Waals surface area contributed by atoms with Crippen LogP contribution >= 0.6 is 0 Å².